The average Bonchev–Trinajstić information content (AvgIpc) is 3.21. The standard InChI is InChI=1S/C17H19F3N4O5S2/c18-17(19,20)15(26)29-24-16(14(22)25,8-2-3-9-21)31(27,28)13-7-6-12(30-13)11-5-1-4-10-23-11/h1,4-7,10,24H,2-3,8-9,21H2,(H2,22,25)/t16-/m1/s1. The van der Waals surface area contributed by atoms with Crippen LogP contribution < -0.4 is 16.9 Å². The molecular weight excluding hydrogens is 461 g/mol. The zero-order valence-corrected chi connectivity index (χ0v) is 17.5. The van der Waals surface area contributed by atoms with E-state index in [-0.39, 0.29) is 23.6 Å². The van der Waals surface area contributed by atoms with E-state index in [0.717, 1.165) is 17.4 Å². The number of primary amides is 1. The summed E-state index contributed by atoms with van der Waals surface area (Å²) in [6, 6.07) is 7.54. The number of alkyl halides is 3. The highest BCUT2D eigenvalue weighted by atomic mass is 32.2. The fraction of sp³-hybridized carbons (Fsp3) is 0.353. The number of hydroxylamine groups is 1. The number of nitrogens with two attached hydrogens (primary N) is 2. The lowest BCUT2D eigenvalue weighted by molar-refractivity contribution is -0.209. The van der Waals surface area contributed by atoms with E-state index in [4.69, 9.17) is 11.5 Å². The summed E-state index contributed by atoms with van der Waals surface area (Å²) in [4.78, 5) is 29.0. The molecule has 0 aliphatic rings. The molecule has 0 aliphatic heterocycles. The maximum atomic E-state index is 13.3. The van der Waals surface area contributed by atoms with Gasteiger partial charge in [-0.25, -0.2) is 13.2 Å². The number of thiophene rings is 1. The topological polar surface area (TPSA) is 154 Å². The third-order valence-corrected chi connectivity index (χ3v) is 8.03. The van der Waals surface area contributed by atoms with Crippen molar-refractivity contribution in [2.75, 3.05) is 6.54 Å². The van der Waals surface area contributed by atoms with Crippen LogP contribution in [0.15, 0.2) is 40.7 Å². The molecular formula is C17H19F3N4O5S2. The lowest BCUT2D eigenvalue weighted by atomic mass is 10.1. The monoisotopic (exact) mass is 480 g/mol. The number of hydrogen-bond acceptors (Lipinski definition) is 9. The Labute approximate surface area is 179 Å². The first-order chi connectivity index (χ1) is 14.5. The summed E-state index contributed by atoms with van der Waals surface area (Å²) in [5.74, 6) is -4.26. The number of rotatable bonds is 10. The summed E-state index contributed by atoms with van der Waals surface area (Å²) in [7, 11) is -4.75. The molecule has 0 saturated heterocycles. The number of sulfone groups is 1. The maximum absolute atomic E-state index is 13.3. The quantitative estimate of drug-likeness (QED) is 0.341. The van der Waals surface area contributed by atoms with Gasteiger partial charge in [-0.1, -0.05) is 6.07 Å². The molecule has 0 aliphatic carbocycles. The first kappa shape index (κ1) is 24.7. The van der Waals surface area contributed by atoms with Gasteiger partial charge in [0.15, 0.2) is 0 Å². The number of halogens is 3. The fourth-order valence-electron chi connectivity index (χ4n) is 2.53. The van der Waals surface area contributed by atoms with Crippen LogP contribution in [0.2, 0.25) is 0 Å². The van der Waals surface area contributed by atoms with Crippen molar-refractivity contribution in [3.8, 4) is 10.6 Å². The van der Waals surface area contributed by atoms with Gasteiger partial charge in [0.25, 0.3) is 5.91 Å². The molecule has 0 saturated carbocycles. The van der Waals surface area contributed by atoms with Crippen LogP contribution in [-0.2, 0) is 24.3 Å². The number of carbonyl (C=O) groups is 2. The van der Waals surface area contributed by atoms with Crippen molar-refractivity contribution in [1.82, 2.24) is 10.5 Å². The van der Waals surface area contributed by atoms with Crippen molar-refractivity contribution in [3.05, 3.63) is 36.5 Å². The van der Waals surface area contributed by atoms with Gasteiger partial charge in [-0.15, -0.1) is 16.8 Å². The highest BCUT2D eigenvalue weighted by Gasteiger charge is 2.53. The van der Waals surface area contributed by atoms with Crippen LogP contribution in [0.1, 0.15) is 19.3 Å². The van der Waals surface area contributed by atoms with Gasteiger partial charge in [0, 0.05) is 6.20 Å². The minimum atomic E-state index is -5.42. The lowest BCUT2D eigenvalue weighted by Gasteiger charge is -2.29. The van der Waals surface area contributed by atoms with E-state index in [9.17, 15) is 31.2 Å². The zero-order valence-electron chi connectivity index (χ0n) is 15.9. The highest BCUT2D eigenvalue weighted by Crippen LogP contribution is 2.36. The number of hydrogen-bond donors (Lipinski definition) is 3. The van der Waals surface area contributed by atoms with Gasteiger partial charge in [-0.3, -0.25) is 9.78 Å². The zero-order chi connectivity index (χ0) is 23.3. The summed E-state index contributed by atoms with van der Waals surface area (Å²) >= 11 is 0.731. The van der Waals surface area contributed by atoms with Crippen molar-refractivity contribution in [2.24, 2.45) is 11.5 Å². The van der Waals surface area contributed by atoms with E-state index in [0.29, 0.717) is 10.6 Å². The Bertz CT molecular complexity index is 1030. The van der Waals surface area contributed by atoms with E-state index in [1.165, 1.54) is 17.7 Å². The van der Waals surface area contributed by atoms with E-state index in [1.807, 2.05) is 0 Å². The second kappa shape index (κ2) is 9.72. The van der Waals surface area contributed by atoms with E-state index in [1.54, 1.807) is 18.2 Å². The van der Waals surface area contributed by atoms with Crippen LogP contribution in [-0.4, -0.2) is 42.9 Å². The Kier molecular flexibility index (Phi) is 7.75. The summed E-state index contributed by atoms with van der Waals surface area (Å²) in [6.45, 7) is 0.125. The second-order valence-corrected chi connectivity index (χ2v) is 9.75. The number of carbonyl (C=O) groups excluding carboxylic acids is 2. The second-order valence-electron chi connectivity index (χ2n) is 6.26. The molecule has 2 rings (SSSR count). The Morgan fingerprint density at radius 3 is 2.42 bits per heavy atom. The SMILES string of the molecule is NCCCC[C@](NOC(=O)C(F)(F)F)(C(N)=O)S(=O)(=O)c1ccc(-c2ccccn2)s1. The molecule has 5 N–H and O–H groups in total. The molecule has 2 aromatic heterocycles. The molecule has 0 aromatic carbocycles. The van der Waals surface area contributed by atoms with E-state index < -0.39 is 39.2 Å². The van der Waals surface area contributed by atoms with Crippen LogP contribution in [0.5, 0.6) is 0 Å². The Balaban J connectivity index is 2.48. The van der Waals surface area contributed by atoms with Gasteiger partial charge >= 0.3 is 12.1 Å². The summed E-state index contributed by atoms with van der Waals surface area (Å²) in [5.41, 5.74) is 12.6. The third kappa shape index (κ3) is 5.39. The highest BCUT2D eigenvalue weighted by molar-refractivity contribution is 7.95. The Morgan fingerprint density at radius 1 is 1.16 bits per heavy atom. The van der Waals surface area contributed by atoms with Gasteiger partial charge in [-0.2, -0.15) is 13.2 Å². The van der Waals surface area contributed by atoms with E-state index >= 15 is 0 Å². The lowest BCUT2D eigenvalue weighted by Crippen LogP contribution is -2.61. The number of aromatic nitrogens is 1. The van der Waals surface area contributed by atoms with Crippen LogP contribution in [0.3, 0.4) is 0 Å². The summed E-state index contributed by atoms with van der Waals surface area (Å²) in [6.07, 6.45) is -4.28. The number of unbranched alkanes of at least 4 members (excludes halogenated alkanes) is 1. The minimum Gasteiger partial charge on any atom is -0.367 e. The van der Waals surface area contributed by atoms with Crippen molar-refractivity contribution in [2.45, 2.75) is 34.5 Å². The maximum Gasteiger partial charge on any atom is 0.492 e. The molecule has 0 radical (unpaired) electrons. The predicted molar refractivity (Wildman–Crippen MR) is 105 cm³/mol. The average molecular weight is 480 g/mol. The molecule has 31 heavy (non-hydrogen) atoms. The van der Waals surface area contributed by atoms with Gasteiger partial charge in [0.05, 0.1) is 10.6 Å². The van der Waals surface area contributed by atoms with Crippen LogP contribution in [0.25, 0.3) is 10.6 Å². The first-order valence-corrected chi connectivity index (χ1v) is 11.1. The van der Waals surface area contributed by atoms with Gasteiger partial charge in [-0.05, 0) is 50.1 Å². The summed E-state index contributed by atoms with van der Waals surface area (Å²) < 4.78 is 63.9. The molecule has 0 fully saturated rings. The molecule has 9 nitrogen and oxygen atoms in total. The normalized spacial score (nSPS) is 14.1. The number of pyridine rings is 1. The number of nitrogens with one attached hydrogen (secondary N) is 1. The van der Waals surface area contributed by atoms with Gasteiger partial charge < -0.3 is 16.3 Å². The van der Waals surface area contributed by atoms with Crippen LogP contribution in [0.4, 0.5) is 13.2 Å². The minimum absolute atomic E-state index is 0.00624. The van der Waals surface area contributed by atoms with Gasteiger partial charge in [0.2, 0.25) is 14.7 Å². The van der Waals surface area contributed by atoms with Gasteiger partial charge in [0.1, 0.15) is 4.21 Å². The molecule has 0 unspecified atom stereocenters. The molecule has 1 amide bonds. The Morgan fingerprint density at radius 2 is 1.87 bits per heavy atom. The smallest absolute Gasteiger partial charge is 0.367 e. The first-order valence-electron chi connectivity index (χ1n) is 8.76. The van der Waals surface area contributed by atoms with Crippen LogP contribution >= 0.6 is 11.3 Å². The van der Waals surface area contributed by atoms with Crippen molar-refractivity contribution in [1.29, 1.82) is 0 Å². The molecule has 14 heteroatoms. The third-order valence-electron chi connectivity index (χ3n) is 4.14. The number of amides is 1. The molecule has 1 atom stereocenters. The largest absolute Gasteiger partial charge is 0.492 e. The van der Waals surface area contributed by atoms with E-state index in [2.05, 4.69) is 9.82 Å². The Hall–Kier alpha value is -2.55. The molecule has 0 spiro atoms. The van der Waals surface area contributed by atoms with Crippen molar-refractivity contribution in [3.63, 3.8) is 0 Å². The molecule has 2 heterocycles. The number of nitrogens with zero attached hydrogens (tertiary/aromatic N) is 1. The van der Waals surface area contributed by atoms with Crippen molar-refractivity contribution < 1.29 is 36.0 Å². The molecule has 0 bridgehead atoms. The van der Waals surface area contributed by atoms with Crippen LogP contribution in [0, 0.1) is 0 Å². The molecule has 170 valence electrons. The molecule has 2 aromatic rings. The van der Waals surface area contributed by atoms with Crippen molar-refractivity contribution >= 4 is 33.1 Å². The predicted octanol–water partition coefficient (Wildman–Crippen LogP) is 1.50. The fourth-order valence-corrected chi connectivity index (χ4v) is 5.80. The summed E-state index contributed by atoms with van der Waals surface area (Å²) in [5, 5.41) is 0.